The number of rotatable bonds is 7. The first-order chi connectivity index (χ1) is 13.1. The molecule has 0 aliphatic rings. The van der Waals surface area contributed by atoms with E-state index >= 15 is 0 Å². The summed E-state index contributed by atoms with van der Waals surface area (Å²) in [5.41, 5.74) is 8.46. The van der Waals surface area contributed by atoms with Crippen LogP contribution in [0.25, 0.3) is 11.4 Å². The van der Waals surface area contributed by atoms with Crippen molar-refractivity contribution in [2.24, 2.45) is 5.73 Å². The fourth-order valence-electron chi connectivity index (χ4n) is 2.76. The second kappa shape index (κ2) is 9.87. The van der Waals surface area contributed by atoms with Gasteiger partial charge in [0.25, 0.3) is 0 Å². The van der Waals surface area contributed by atoms with Crippen molar-refractivity contribution in [3.8, 4) is 17.1 Å². The SMILES string of the molecule is COc1cccc(CC(NC(C)=O)c2nc(-c3ccc(CN)cc3)no2)c1.Cl. The summed E-state index contributed by atoms with van der Waals surface area (Å²) in [5.74, 6) is 1.40. The highest BCUT2D eigenvalue weighted by Gasteiger charge is 2.21. The highest BCUT2D eigenvalue weighted by molar-refractivity contribution is 5.85. The number of hydrogen-bond donors (Lipinski definition) is 2. The number of nitrogens with one attached hydrogen (secondary N) is 1. The molecule has 8 heteroatoms. The summed E-state index contributed by atoms with van der Waals surface area (Å²) >= 11 is 0. The number of ether oxygens (including phenoxy) is 1. The van der Waals surface area contributed by atoms with Gasteiger partial charge >= 0.3 is 0 Å². The number of methoxy groups -OCH3 is 1. The van der Waals surface area contributed by atoms with E-state index in [1.54, 1.807) is 7.11 Å². The second-order valence-corrected chi connectivity index (χ2v) is 6.17. The smallest absolute Gasteiger partial charge is 0.249 e. The summed E-state index contributed by atoms with van der Waals surface area (Å²) in [7, 11) is 1.62. The highest BCUT2D eigenvalue weighted by atomic mass is 35.5. The van der Waals surface area contributed by atoms with E-state index in [0.717, 1.165) is 22.4 Å². The molecule has 7 nitrogen and oxygen atoms in total. The Hall–Kier alpha value is -2.90. The first-order valence-electron chi connectivity index (χ1n) is 8.62. The van der Waals surface area contributed by atoms with Crippen LogP contribution in [0.5, 0.6) is 5.75 Å². The van der Waals surface area contributed by atoms with E-state index in [0.29, 0.717) is 24.7 Å². The largest absolute Gasteiger partial charge is 0.497 e. The summed E-state index contributed by atoms with van der Waals surface area (Å²) in [6, 6.07) is 14.8. The van der Waals surface area contributed by atoms with Crippen LogP contribution in [0.1, 0.15) is 30.0 Å². The highest BCUT2D eigenvalue weighted by Crippen LogP contribution is 2.23. The number of carbonyl (C=O) groups is 1. The number of halogens is 1. The lowest BCUT2D eigenvalue weighted by molar-refractivity contribution is -0.119. The molecule has 28 heavy (non-hydrogen) atoms. The van der Waals surface area contributed by atoms with E-state index in [2.05, 4.69) is 15.5 Å². The molecule has 0 saturated carbocycles. The summed E-state index contributed by atoms with van der Waals surface area (Å²) in [6.45, 7) is 1.93. The third kappa shape index (κ3) is 5.31. The number of hydrogen-bond acceptors (Lipinski definition) is 6. The quantitative estimate of drug-likeness (QED) is 0.629. The summed E-state index contributed by atoms with van der Waals surface area (Å²) in [6.07, 6.45) is 0.504. The molecule has 3 rings (SSSR count). The summed E-state index contributed by atoms with van der Waals surface area (Å²) in [5, 5.41) is 6.92. The molecule has 1 unspecified atom stereocenters. The molecular weight excluding hydrogens is 380 g/mol. The van der Waals surface area contributed by atoms with Crippen molar-refractivity contribution in [3.63, 3.8) is 0 Å². The fourth-order valence-corrected chi connectivity index (χ4v) is 2.76. The normalized spacial score (nSPS) is 11.4. The summed E-state index contributed by atoms with van der Waals surface area (Å²) in [4.78, 5) is 16.1. The van der Waals surface area contributed by atoms with Gasteiger partial charge in [-0.3, -0.25) is 4.79 Å². The zero-order chi connectivity index (χ0) is 19.2. The maximum absolute atomic E-state index is 11.7. The molecule has 1 aromatic heterocycles. The van der Waals surface area contributed by atoms with Gasteiger partial charge in [-0.1, -0.05) is 41.6 Å². The van der Waals surface area contributed by atoms with Gasteiger partial charge in [0.2, 0.25) is 17.6 Å². The molecule has 0 aliphatic heterocycles. The van der Waals surface area contributed by atoms with Crippen molar-refractivity contribution in [1.82, 2.24) is 15.5 Å². The van der Waals surface area contributed by atoms with Gasteiger partial charge in [0.15, 0.2) is 0 Å². The Morgan fingerprint density at radius 2 is 1.96 bits per heavy atom. The lowest BCUT2D eigenvalue weighted by Gasteiger charge is -2.14. The molecule has 148 valence electrons. The van der Waals surface area contributed by atoms with Gasteiger partial charge in [0.1, 0.15) is 11.8 Å². The molecule has 0 fully saturated rings. The Morgan fingerprint density at radius 1 is 1.21 bits per heavy atom. The van der Waals surface area contributed by atoms with Crippen LogP contribution < -0.4 is 15.8 Å². The average Bonchev–Trinajstić information content (AvgIpc) is 3.17. The van der Waals surface area contributed by atoms with Crippen molar-refractivity contribution in [3.05, 3.63) is 65.5 Å². The minimum Gasteiger partial charge on any atom is -0.497 e. The third-order valence-electron chi connectivity index (χ3n) is 4.14. The van der Waals surface area contributed by atoms with E-state index in [1.807, 2.05) is 48.5 Å². The van der Waals surface area contributed by atoms with Crippen LogP contribution in [0.3, 0.4) is 0 Å². The minimum absolute atomic E-state index is 0. The zero-order valence-electron chi connectivity index (χ0n) is 15.7. The molecule has 3 aromatic rings. The van der Waals surface area contributed by atoms with E-state index in [-0.39, 0.29) is 18.3 Å². The topological polar surface area (TPSA) is 103 Å². The van der Waals surface area contributed by atoms with Gasteiger partial charge in [-0.05, 0) is 23.3 Å². The molecule has 0 bridgehead atoms. The van der Waals surface area contributed by atoms with Crippen molar-refractivity contribution >= 4 is 18.3 Å². The molecule has 0 saturated heterocycles. The Balaban J connectivity index is 0.00000280. The molecule has 2 aromatic carbocycles. The number of aromatic nitrogens is 2. The maximum atomic E-state index is 11.7. The van der Waals surface area contributed by atoms with Crippen LogP contribution in [0, 0.1) is 0 Å². The van der Waals surface area contributed by atoms with Crippen molar-refractivity contribution in [2.75, 3.05) is 7.11 Å². The first kappa shape index (κ1) is 21.4. The molecular formula is C20H23ClN4O3. The van der Waals surface area contributed by atoms with E-state index in [4.69, 9.17) is 15.0 Å². The molecule has 0 radical (unpaired) electrons. The molecule has 1 heterocycles. The van der Waals surface area contributed by atoms with Gasteiger partial charge in [-0.2, -0.15) is 4.98 Å². The van der Waals surface area contributed by atoms with Crippen LogP contribution in [-0.2, 0) is 17.8 Å². The van der Waals surface area contributed by atoms with Crippen LogP contribution in [-0.4, -0.2) is 23.2 Å². The number of nitrogens with zero attached hydrogens (tertiary/aromatic N) is 2. The number of nitrogens with two attached hydrogens (primary N) is 1. The van der Waals surface area contributed by atoms with Crippen LogP contribution >= 0.6 is 12.4 Å². The van der Waals surface area contributed by atoms with Crippen molar-refractivity contribution < 1.29 is 14.1 Å². The van der Waals surface area contributed by atoms with Gasteiger partial charge in [0.05, 0.1) is 7.11 Å². The summed E-state index contributed by atoms with van der Waals surface area (Å²) < 4.78 is 10.7. The monoisotopic (exact) mass is 402 g/mol. The Morgan fingerprint density at radius 3 is 2.61 bits per heavy atom. The molecule has 0 aliphatic carbocycles. The Kier molecular flexibility index (Phi) is 7.54. The minimum atomic E-state index is -0.431. The fraction of sp³-hybridized carbons (Fsp3) is 0.250. The zero-order valence-corrected chi connectivity index (χ0v) is 16.5. The second-order valence-electron chi connectivity index (χ2n) is 6.17. The predicted octanol–water partition coefficient (Wildman–Crippen LogP) is 3.05. The molecule has 1 atom stereocenters. The predicted molar refractivity (Wildman–Crippen MR) is 108 cm³/mol. The lowest BCUT2D eigenvalue weighted by atomic mass is 10.1. The molecule has 1 amide bonds. The Labute approximate surface area is 169 Å². The average molecular weight is 403 g/mol. The van der Waals surface area contributed by atoms with Crippen LogP contribution in [0.15, 0.2) is 53.1 Å². The maximum Gasteiger partial charge on any atom is 0.249 e. The van der Waals surface area contributed by atoms with E-state index < -0.39 is 6.04 Å². The number of benzene rings is 2. The van der Waals surface area contributed by atoms with E-state index in [9.17, 15) is 4.79 Å². The van der Waals surface area contributed by atoms with Crippen molar-refractivity contribution in [1.29, 1.82) is 0 Å². The van der Waals surface area contributed by atoms with Gasteiger partial charge in [-0.15, -0.1) is 12.4 Å². The van der Waals surface area contributed by atoms with Crippen LogP contribution in [0.4, 0.5) is 0 Å². The number of carbonyl (C=O) groups excluding carboxylic acids is 1. The molecule has 0 spiro atoms. The Bertz CT molecular complexity index is 912. The van der Waals surface area contributed by atoms with Crippen LogP contribution in [0.2, 0.25) is 0 Å². The van der Waals surface area contributed by atoms with Gasteiger partial charge < -0.3 is 20.3 Å². The van der Waals surface area contributed by atoms with Crippen molar-refractivity contribution in [2.45, 2.75) is 25.9 Å². The van der Waals surface area contributed by atoms with E-state index in [1.165, 1.54) is 6.92 Å². The molecule has 3 N–H and O–H groups in total. The first-order valence-corrected chi connectivity index (χ1v) is 8.62. The third-order valence-corrected chi connectivity index (χ3v) is 4.14. The number of amides is 1. The lowest BCUT2D eigenvalue weighted by Crippen LogP contribution is -2.28. The standard InChI is InChI=1S/C20H22N4O3.ClH/c1-13(25)22-18(11-15-4-3-5-17(10-15)26-2)20-23-19(24-27-20)16-8-6-14(12-21)7-9-16;/h3-10,18H,11-12,21H2,1-2H3,(H,22,25);1H. The van der Waals surface area contributed by atoms with Gasteiger partial charge in [0, 0.05) is 25.5 Å². The van der Waals surface area contributed by atoms with Gasteiger partial charge in [-0.25, -0.2) is 0 Å².